The zero-order valence-corrected chi connectivity index (χ0v) is 14.2. The molecule has 114 valence electrons. The van der Waals surface area contributed by atoms with Crippen LogP contribution in [0.15, 0.2) is 0 Å². The Morgan fingerprint density at radius 1 is 1.45 bits per heavy atom. The van der Waals surface area contributed by atoms with Crippen LogP contribution in [0, 0.1) is 0 Å². The van der Waals surface area contributed by atoms with Crippen LogP contribution in [-0.2, 0) is 6.42 Å². The number of nitrogens with zero attached hydrogens (tertiary/aromatic N) is 2. The van der Waals surface area contributed by atoms with E-state index < -0.39 is 0 Å². The third-order valence-electron chi connectivity index (χ3n) is 4.41. The van der Waals surface area contributed by atoms with Gasteiger partial charge < -0.3 is 10.2 Å². The van der Waals surface area contributed by atoms with Crippen molar-refractivity contribution in [1.82, 2.24) is 10.3 Å². The van der Waals surface area contributed by atoms with E-state index in [1.807, 2.05) is 11.3 Å². The van der Waals surface area contributed by atoms with Crippen LogP contribution in [0.1, 0.15) is 69.5 Å². The molecule has 3 nitrogen and oxygen atoms in total. The highest BCUT2D eigenvalue weighted by Gasteiger charge is 2.26. The summed E-state index contributed by atoms with van der Waals surface area (Å²) in [6.07, 6.45) is 7.36. The molecule has 2 rings (SSSR count). The molecule has 4 heteroatoms. The Labute approximate surface area is 127 Å². The van der Waals surface area contributed by atoms with Gasteiger partial charge >= 0.3 is 0 Å². The number of aryl methyl sites for hydroxylation is 1. The standard InChI is InChI=1S/C16H29N3S/c1-5-7-11-19(12(3)6-2)16-18-14-10-8-9-13(17-4)15(14)20-16/h12-13,17H,5-11H2,1-4H3. The lowest BCUT2D eigenvalue weighted by atomic mass is 9.98. The summed E-state index contributed by atoms with van der Waals surface area (Å²) < 4.78 is 0. The van der Waals surface area contributed by atoms with Crippen LogP contribution in [0.2, 0.25) is 0 Å². The van der Waals surface area contributed by atoms with Gasteiger partial charge in [0.05, 0.1) is 5.69 Å². The Kier molecular flexibility index (Phi) is 5.85. The van der Waals surface area contributed by atoms with Crippen molar-refractivity contribution < 1.29 is 0 Å². The van der Waals surface area contributed by atoms with E-state index in [2.05, 4.69) is 38.0 Å². The van der Waals surface area contributed by atoms with Gasteiger partial charge in [-0.05, 0) is 46.1 Å². The van der Waals surface area contributed by atoms with E-state index in [1.54, 1.807) is 0 Å². The molecule has 1 aromatic heterocycles. The molecule has 1 aromatic rings. The number of nitrogens with one attached hydrogen (secondary N) is 1. The first-order valence-electron chi connectivity index (χ1n) is 8.14. The lowest BCUT2D eigenvalue weighted by molar-refractivity contribution is 0.500. The Bertz CT molecular complexity index is 416. The summed E-state index contributed by atoms with van der Waals surface area (Å²) in [5.74, 6) is 0. The summed E-state index contributed by atoms with van der Waals surface area (Å²) in [5, 5.41) is 4.70. The first-order valence-corrected chi connectivity index (χ1v) is 8.96. The van der Waals surface area contributed by atoms with E-state index in [1.165, 1.54) is 47.8 Å². The molecule has 2 unspecified atom stereocenters. The maximum Gasteiger partial charge on any atom is 0.186 e. The zero-order chi connectivity index (χ0) is 14.5. The molecule has 2 atom stereocenters. The molecule has 1 N–H and O–H groups in total. The number of rotatable bonds is 7. The fourth-order valence-electron chi connectivity index (χ4n) is 2.86. The van der Waals surface area contributed by atoms with Gasteiger partial charge in [-0.3, -0.25) is 0 Å². The van der Waals surface area contributed by atoms with E-state index in [9.17, 15) is 0 Å². The van der Waals surface area contributed by atoms with E-state index in [0.29, 0.717) is 12.1 Å². The minimum atomic E-state index is 0.523. The maximum absolute atomic E-state index is 4.98. The number of anilines is 1. The van der Waals surface area contributed by atoms with Crippen LogP contribution in [0.25, 0.3) is 0 Å². The minimum Gasteiger partial charge on any atom is -0.345 e. The van der Waals surface area contributed by atoms with Gasteiger partial charge in [0, 0.05) is 23.5 Å². The normalized spacial score (nSPS) is 19.7. The quantitative estimate of drug-likeness (QED) is 0.819. The highest BCUT2D eigenvalue weighted by Crippen LogP contribution is 2.38. The number of unbranched alkanes of at least 4 members (excludes halogenated alkanes) is 1. The van der Waals surface area contributed by atoms with Crippen molar-refractivity contribution in [2.45, 2.75) is 71.4 Å². The van der Waals surface area contributed by atoms with E-state index in [4.69, 9.17) is 4.98 Å². The molecule has 0 aromatic carbocycles. The molecule has 0 amide bonds. The van der Waals surface area contributed by atoms with Crippen LogP contribution in [0.4, 0.5) is 5.13 Å². The van der Waals surface area contributed by atoms with Gasteiger partial charge in [-0.1, -0.05) is 31.6 Å². The Morgan fingerprint density at radius 2 is 2.25 bits per heavy atom. The molecule has 1 heterocycles. The SMILES string of the molecule is CCCCN(c1nc2c(s1)C(NC)CCC2)C(C)CC. The molecule has 0 bridgehead atoms. The van der Waals surface area contributed by atoms with Gasteiger partial charge in [-0.2, -0.15) is 0 Å². The molecule has 0 saturated carbocycles. The van der Waals surface area contributed by atoms with Crippen LogP contribution < -0.4 is 10.2 Å². The lowest BCUT2D eigenvalue weighted by Crippen LogP contribution is -2.33. The Hall–Kier alpha value is -0.610. The molecule has 0 spiro atoms. The molecule has 0 radical (unpaired) electrons. The third-order valence-corrected chi connectivity index (χ3v) is 5.66. The zero-order valence-electron chi connectivity index (χ0n) is 13.4. The van der Waals surface area contributed by atoms with Crippen molar-refractivity contribution in [1.29, 1.82) is 0 Å². The molecule has 0 saturated heterocycles. The molecular weight excluding hydrogens is 266 g/mol. The summed E-state index contributed by atoms with van der Waals surface area (Å²) in [4.78, 5) is 8.99. The van der Waals surface area contributed by atoms with Crippen LogP contribution in [0.3, 0.4) is 0 Å². The lowest BCUT2D eigenvalue weighted by Gasteiger charge is -2.28. The van der Waals surface area contributed by atoms with Crippen molar-refractivity contribution >= 4 is 16.5 Å². The summed E-state index contributed by atoms with van der Waals surface area (Å²) in [6, 6.07) is 1.11. The predicted molar refractivity (Wildman–Crippen MR) is 88.9 cm³/mol. The molecule has 0 aliphatic heterocycles. The Morgan fingerprint density at radius 3 is 2.90 bits per heavy atom. The monoisotopic (exact) mass is 295 g/mol. The summed E-state index contributed by atoms with van der Waals surface area (Å²) >= 11 is 1.92. The number of fused-ring (bicyclic) bond motifs is 1. The second-order valence-corrected chi connectivity index (χ2v) is 6.85. The average molecular weight is 295 g/mol. The molecule has 1 aliphatic rings. The number of thiazole rings is 1. The van der Waals surface area contributed by atoms with E-state index in [-0.39, 0.29) is 0 Å². The van der Waals surface area contributed by atoms with Gasteiger partial charge in [-0.25, -0.2) is 4.98 Å². The molecule has 1 aliphatic carbocycles. The van der Waals surface area contributed by atoms with E-state index >= 15 is 0 Å². The van der Waals surface area contributed by atoms with Crippen molar-refractivity contribution in [2.24, 2.45) is 0 Å². The smallest absolute Gasteiger partial charge is 0.186 e. The van der Waals surface area contributed by atoms with Gasteiger partial charge in [-0.15, -0.1) is 0 Å². The predicted octanol–water partition coefficient (Wildman–Crippen LogP) is 4.14. The fourth-order valence-corrected chi connectivity index (χ4v) is 4.24. The van der Waals surface area contributed by atoms with Gasteiger partial charge in [0.25, 0.3) is 0 Å². The first kappa shape index (κ1) is 15.8. The highest BCUT2D eigenvalue weighted by molar-refractivity contribution is 7.15. The second-order valence-electron chi connectivity index (χ2n) is 5.85. The van der Waals surface area contributed by atoms with Crippen LogP contribution in [-0.4, -0.2) is 24.6 Å². The summed E-state index contributed by atoms with van der Waals surface area (Å²) in [7, 11) is 2.07. The topological polar surface area (TPSA) is 28.2 Å². The van der Waals surface area contributed by atoms with Crippen molar-refractivity contribution in [2.75, 3.05) is 18.5 Å². The molecule has 20 heavy (non-hydrogen) atoms. The van der Waals surface area contributed by atoms with Gasteiger partial charge in [0.2, 0.25) is 0 Å². The van der Waals surface area contributed by atoms with Crippen molar-refractivity contribution in [3.63, 3.8) is 0 Å². The van der Waals surface area contributed by atoms with Crippen LogP contribution >= 0.6 is 11.3 Å². The first-order chi connectivity index (χ1) is 9.71. The second kappa shape index (κ2) is 7.41. The number of aromatic nitrogens is 1. The van der Waals surface area contributed by atoms with Gasteiger partial charge in [0.1, 0.15) is 0 Å². The number of hydrogen-bond acceptors (Lipinski definition) is 4. The van der Waals surface area contributed by atoms with Gasteiger partial charge in [0.15, 0.2) is 5.13 Å². The maximum atomic E-state index is 4.98. The van der Waals surface area contributed by atoms with Crippen molar-refractivity contribution in [3.8, 4) is 0 Å². The third kappa shape index (κ3) is 3.34. The van der Waals surface area contributed by atoms with Crippen LogP contribution in [0.5, 0.6) is 0 Å². The Balaban J connectivity index is 2.23. The fraction of sp³-hybridized carbons (Fsp3) is 0.812. The van der Waals surface area contributed by atoms with E-state index in [0.717, 1.165) is 13.0 Å². The summed E-state index contributed by atoms with van der Waals surface area (Å²) in [6.45, 7) is 8.00. The molecular formula is C16H29N3S. The highest BCUT2D eigenvalue weighted by atomic mass is 32.1. The average Bonchev–Trinajstić information content (AvgIpc) is 2.90. The molecule has 0 fully saturated rings. The van der Waals surface area contributed by atoms with Crippen molar-refractivity contribution in [3.05, 3.63) is 10.6 Å². The largest absolute Gasteiger partial charge is 0.345 e. The summed E-state index contributed by atoms with van der Waals surface area (Å²) in [5.41, 5.74) is 1.35. The minimum absolute atomic E-state index is 0.523. The number of hydrogen-bond donors (Lipinski definition) is 1.